The van der Waals surface area contributed by atoms with Crippen molar-refractivity contribution in [1.82, 2.24) is 5.32 Å². The number of imide groups is 1. The van der Waals surface area contributed by atoms with E-state index in [1.54, 1.807) is 6.07 Å². The average Bonchev–Trinajstić information content (AvgIpc) is 2.64. The van der Waals surface area contributed by atoms with Crippen molar-refractivity contribution >= 4 is 21.7 Å². The number of carbonyl (C=O) groups excluding carboxylic acids is 2. The summed E-state index contributed by atoms with van der Waals surface area (Å²) in [4.78, 5) is 23.9. The lowest BCUT2D eigenvalue weighted by Crippen LogP contribution is -2.51. The molecule has 2 saturated heterocycles. The molecule has 2 fully saturated rings. The normalized spacial score (nSPS) is 31.4. The van der Waals surface area contributed by atoms with Crippen molar-refractivity contribution in [2.45, 2.75) is 18.8 Å². The van der Waals surface area contributed by atoms with E-state index in [4.69, 9.17) is 0 Å². The summed E-state index contributed by atoms with van der Waals surface area (Å²) in [6, 6.07) is 5.56. The van der Waals surface area contributed by atoms with E-state index in [0.717, 1.165) is 0 Å². The molecule has 0 aliphatic carbocycles. The van der Waals surface area contributed by atoms with Crippen molar-refractivity contribution in [3.8, 4) is 0 Å². The summed E-state index contributed by atoms with van der Waals surface area (Å²) in [5, 5.41) is 2.23. The molecule has 2 unspecified atom stereocenters. The van der Waals surface area contributed by atoms with E-state index < -0.39 is 38.8 Å². The molecule has 1 aromatic carbocycles. The zero-order valence-electron chi connectivity index (χ0n) is 11.1. The highest BCUT2D eigenvalue weighted by Crippen LogP contribution is 2.49. The van der Waals surface area contributed by atoms with E-state index in [0.29, 0.717) is 5.56 Å². The van der Waals surface area contributed by atoms with Crippen molar-refractivity contribution in [2.24, 2.45) is 5.41 Å². The topological polar surface area (TPSA) is 80.3 Å². The number of halogens is 1. The molecule has 0 bridgehead atoms. The van der Waals surface area contributed by atoms with Crippen molar-refractivity contribution < 1.29 is 22.4 Å². The maximum absolute atomic E-state index is 13.4. The van der Waals surface area contributed by atoms with Gasteiger partial charge >= 0.3 is 0 Å². The molecule has 21 heavy (non-hydrogen) atoms. The third kappa shape index (κ3) is 2.46. The third-order valence-electron chi connectivity index (χ3n) is 4.25. The molecule has 2 aliphatic heterocycles. The average molecular weight is 311 g/mol. The first-order valence-corrected chi connectivity index (χ1v) is 8.43. The number of piperidine rings is 1. The van der Waals surface area contributed by atoms with Gasteiger partial charge in [-0.1, -0.05) is 12.1 Å². The summed E-state index contributed by atoms with van der Waals surface area (Å²) < 4.78 is 37.1. The van der Waals surface area contributed by atoms with Gasteiger partial charge in [-0.25, -0.2) is 12.8 Å². The maximum atomic E-state index is 13.4. The number of amides is 2. The Labute approximate surface area is 121 Å². The van der Waals surface area contributed by atoms with Crippen LogP contribution >= 0.6 is 0 Å². The third-order valence-corrected chi connectivity index (χ3v) is 6.09. The van der Waals surface area contributed by atoms with Gasteiger partial charge in [0.1, 0.15) is 5.82 Å². The monoisotopic (exact) mass is 311 g/mol. The standard InChI is InChI=1S/C14H14FNO4S/c15-10-3-1-2-9(6-10)12-13(18)16-11(17)7-14(12)4-5-21(19,20)8-14/h1-3,6,12H,4-5,7-8H2,(H,16,17,18). The molecule has 2 aliphatic rings. The Kier molecular flexibility index (Phi) is 3.12. The molecular weight excluding hydrogens is 297 g/mol. The fourth-order valence-electron chi connectivity index (χ4n) is 3.45. The molecule has 5 nitrogen and oxygen atoms in total. The van der Waals surface area contributed by atoms with Crippen LogP contribution in [-0.2, 0) is 19.4 Å². The van der Waals surface area contributed by atoms with Crippen molar-refractivity contribution in [1.29, 1.82) is 0 Å². The SMILES string of the molecule is O=C1CC2(CCS(=O)(=O)C2)C(c2cccc(F)c2)C(=O)N1. The molecule has 7 heteroatoms. The number of sulfone groups is 1. The highest BCUT2D eigenvalue weighted by Gasteiger charge is 2.54. The van der Waals surface area contributed by atoms with Gasteiger partial charge in [-0.15, -0.1) is 0 Å². The van der Waals surface area contributed by atoms with Gasteiger partial charge in [0.2, 0.25) is 11.8 Å². The molecule has 1 spiro atoms. The second-order valence-corrected chi connectivity index (χ2v) is 7.97. The van der Waals surface area contributed by atoms with Crippen LogP contribution in [0.15, 0.2) is 24.3 Å². The zero-order valence-corrected chi connectivity index (χ0v) is 12.0. The summed E-state index contributed by atoms with van der Waals surface area (Å²) in [6.45, 7) is 0. The Bertz CT molecular complexity index is 730. The van der Waals surface area contributed by atoms with Crippen molar-refractivity contribution in [3.05, 3.63) is 35.6 Å². The van der Waals surface area contributed by atoms with Gasteiger partial charge in [0.25, 0.3) is 0 Å². The molecular formula is C14H14FNO4S. The predicted molar refractivity (Wildman–Crippen MR) is 72.6 cm³/mol. The molecule has 2 amide bonds. The van der Waals surface area contributed by atoms with Crippen LogP contribution in [0, 0.1) is 11.2 Å². The van der Waals surface area contributed by atoms with Crippen LogP contribution in [0.3, 0.4) is 0 Å². The zero-order chi connectivity index (χ0) is 15.3. The van der Waals surface area contributed by atoms with E-state index in [1.807, 2.05) is 0 Å². The highest BCUT2D eigenvalue weighted by molar-refractivity contribution is 7.91. The van der Waals surface area contributed by atoms with Crippen LogP contribution in [0.2, 0.25) is 0 Å². The smallest absolute Gasteiger partial charge is 0.234 e. The number of nitrogens with one attached hydrogen (secondary N) is 1. The van der Waals surface area contributed by atoms with Gasteiger partial charge in [0.15, 0.2) is 9.84 Å². The molecule has 112 valence electrons. The summed E-state index contributed by atoms with van der Waals surface area (Å²) in [7, 11) is -3.28. The summed E-state index contributed by atoms with van der Waals surface area (Å²) in [5.74, 6) is -2.57. The summed E-state index contributed by atoms with van der Waals surface area (Å²) >= 11 is 0. The van der Waals surface area contributed by atoms with Crippen LogP contribution in [0.5, 0.6) is 0 Å². The quantitative estimate of drug-likeness (QED) is 0.777. The Morgan fingerprint density at radius 2 is 2.05 bits per heavy atom. The van der Waals surface area contributed by atoms with Crippen molar-refractivity contribution in [2.75, 3.05) is 11.5 Å². The lowest BCUT2D eigenvalue weighted by atomic mass is 9.67. The number of benzene rings is 1. The molecule has 1 N–H and O–H groups in total. The Balaban J connectivity index is 2.10. The number of hydrogen-bond acceptors (Lipinski definition) is 4. The minimum atomic E-state index is -3.28. The molecule has 0 aromatic heterocycles. The van der Waals surface area contributed by atoms with Gasteiger partial charge in [-0.2, -0.15) is 0 Å². The van der Waals surface area contributed by atoms with Gasteiger partial charge < -0.3 is 0 Å². The van der Waals surface area contributed by atoms with Crippen LogP contribution in [0.1, 0.15) is 24.3 Å². The van der Waals surface area contributed by atoms with Crippen LogP contribution in [-0.4, -0.2) is 31.7 Å². The Morgan fingerprint density at radius 3 is 2.67 bits per heavy atom. The number of rotatable bonds is 1. The van der Waals surface area contributed by atoms with Gasteiger partial charge in [0, 0.05) is 11.8 Å². The fourth-order valence-corrected chi connectivity index (χ4v) is 5.60. The van der Waals surface area contributed by atoms with E-state index in [-0.39, 0.29) is 24.3 Å². The first kappa shape index (κ1) is 14.2. The highest BCUT2D eigenvalue weighted by atomic mass is 32.2. The van der Waals surface area contributed by atoms with E-state index in [1.165, 1.54) is 18.2 Å². The maximum Gasteiger partial charge on any atom is 0.234 e. The minimum absolute atomic E-state index is 0.0286. The molecule has 0 radical (unpaired) electrons. The second kappa shape index (κ2) is 4.62. The molecule has 1 aromatic rings. The van der Waals surface area contributed by atoms with Crippen LogP contribution in [0.25, 0.3) is 0 Å². The predicted octanol–water partition coefficient (Wildman–Crippen LogP) is 0.761. The fraction of sp³-hybridized carbons (Fsp3) is 0.429. The van der Waals surface area contributed by atoms with E-state index in [9.17, 15) is 22.4 Å². The molecule has 0 saturated carbocycles. The summed E-state index contributed by atoms with van der Waals surface area (Å²) in [5.41, 5.74) is -0.538. The van der Waals surface area contributed by atoms with Gasteiger partial charge in [0.05, 0.1) is 17.4 Å². The molecule has 2 heterocycles. The van der Waals surface area contributed by atoms with Crippen molar-refractivity contribution in [3.63, 3.8) is 0 Å². The number of carbonyl (C=O) groups is 2. The summed E-state index contributed by atoms with van der Waals surface area (Å²) in [6.07, 6.45) is 0.217. The molecule has 2 atom stereocenters. The van der Waals surface area contributed by atoms with E-state index >= 15 is 0 Å². The first-order chi connectivity index (χ1) is 9.81. The largest absolute Gasteiger partial charge is 0.296 e. The second-order valence-electron chi connectivity index (χ2n) is 5.78. The Morgan fingerprint density at radius 1 is 1.29 bits per heavy atom. The van der Waals surface area contributed by atoms with Crippen LogP contribution < -0.4 is 5.32 Å². The number of hydrogen-bond donors (Lipinski definition) is 1. The van der Waals surface area contributed by atoms with Gasteiger partial charge in [-0.3, -0.25) is 14.9 Å². The Hall–Kier alpha value is -1.76. The van der Waals surface area contributed by atoms with Gasteiger partial charge in [-0.05, 0) is 24.1 Å². The van der Waals surface area contributed by atoms with Crippen LogP contribution in [0.4, 0.5) is 4.39 Å². The minimum Gasteiger partial charge on any atom is -0.296 e. The lowest BCUT2D eigenvalue weighted by molar-refractivity contribution is -0.139. The first-order valence-electron chi connectivity index (χ1n) is 6.61. The van der Waals surface area contributed by atoms with E-state index in [2.05, 4.69) is 5.32 Å². The molecule has 3 rings (SSSR count). The lowest BCUT2D eigenvalue weighted by Gasteiger charge is -2.38.